The minimum Gasteiger partial charge on any atom is -0.495 e. The van der Waals surface area contributed by atoms with E-state index in [0.29, 0.717) is 28.3 Å². The van der Waals surface area contributed by atoms with E-state index >= 15 is 0 Å². The Hall–Kier alpha value is -2.80. The van der Waals surface area contributed by atoms with Crippen molar-refractivity contribution in [1.29, 1.82) is 0 Å². The molecule has 1 aromatic heterocycles. The molecule has 1 saturated carbocycles. The maximum absolute atomic E-state index is 12.3. The molecule has 27 heavy (non-hydrogen) atoms. The van der Waals surface area contributed by atoms with E-state index < -0.39 is 18.0 Å². The minimum absolute atomic E-state index is 0.274. The van der Waals surface area contributed by atoms with Crippen LogP contribution in [-0.2, 0) is 9.53 Å². The lowest BCUT2D eigenvalue weighted by atomic mass is 10.2. The first kappa shape index (κ1) is 19.0. The summed E-state index contributed by atoms with van der Waals surface area (Å²) in [5, 5.41) is 6.32. The van der Waals surface area contributed by atoms with Gasteiger partial charge in [-0.15, -0.1) is 0 Å². The Morgan fingerprint density at radius 1 is 1.26 bits per heavy atom. The van der Waals surface area contributed by atoms with Crippen molar-refractivity contribution in [3.05, 3.63) is 47.1 Å². The van der Waals surface area contributed by atoms with Crippen molar-refractivity contribution in [2.24, 2.45) is 0 Å². The molecule has 2 aromatic rings. The molecule has 1 fully saturated rings. The largest absolute Gasteiger partial charge is 0.495 e. The van der Waals surface area contributed by atoms with Crippen LogP contribution in [0.3, 0.4) is 0 Å². The van der Waals surface area contributed by atoms with E-state index in [-0.39, 0.29) is 5.56 Å². The van der Waals surface area contributed by atoms with Crippen molar-refractivity contribution >= 4 is 35.0 Å². The van der Waals surface area contributed by atoms with Gasteiger partial charge < -0.3 is 20.1 Å². The average Bonchev–Trinajstić information content (AvgIpc) is 3.46. The summed E-state index contributed by atoms with van der Waals surface area (Å²) in [6.45, 7) is 1.49. The Bertz CT molecular complexity index is 837. The zero-order chi connectivity index (χ0) is 19.4. The Kier molecular flexibility index (Phi) is 5.81. The number of aromatic nitrogens is 1. The molecule has 0 aliphatic heterocycles. The van der Waals surface area contributed by atoms with Crippen molar-refractivity contribution < 1.29 is 19.1 Å². The van der Waals surface area contributed by atoms with Crippen molar-refractivity contribution in [2.45, 2.75) is 31.9 Å². The van der Waals surface area contributed by atoms with Gasteiger partial charge in [-0.3, -0.25) is 4.79 Å². The van der Waals surface area contributed by atoms with Gasteiger partial charge in [0.15, 0.2) is 6.10 Å². The second-order valence-corrected chi connectivity index (χ2v) is 6.67. The van der Waals surface area contributed by atoms with E-state index in [0.717, 1.165) is 12.8 Å². The molecule has 2 N–H and O–H groups in total. The maximum Gasteiger partial charge on any atom is 0.340 e. The van der Waals surface area contributed by atoms with Gasteiger partial charge in [0.05, 0.1) is 18.4 Å². The molecule has 0 radical (unpaired) electrons. The lowest BCUT2D eigenvalue weighted by Gasteiger charge is -2.15. The molecule has 1 aliphatic rings. The summed E-state index contributed by atoms with van der Waals surface area (Å²) in [6, 6.07) is 8.65. The fourth-order valence-corrected chi connectivity index (χ4v) is 2.50. The van der Waals surface area contributed by atoms with Crippen LogP contribution in [0.1, 0.15) is 30.1 Å². The molecule has 0 bridgehead atoms. The molecular weight excluding hydrogens is 370 g/mol. The predicted molar refractivity (Wildman–Crippen MR) is 102 cm³/mol. The molecule has 1 aliphatic carbocycles. The van der Waals surface area contributed by atoms with Gasteiger partial charge in [0.1, 0.15) is 11.6 Å². The van der Waals surface area contributed by atoms with Crippen molar-refractivity contribution in [1.82, 2.24) is 4.98 Å². The molecule has 8 heteroatoms. The Morgan fingerprint density at radius 3 is 2.67 bits per heavy atom. The number of pyridine rings is 1. The van der Waals surface area contributed by atoms with Gasteiger partial charge in [-0.25, -0.2) is 9.78 Å². The Morgan fingerprint density at radius 2 is 2.04 bits per heavy atom. The van der Waals surface area contributed by atoms with E-state index in [1.54, 1.807) is 30.3 Å². The first-order chi connectivity index (χ1) is 13.0. The number of benzene rings is 1. The highest BCUT2D eigenvalue weighted by Gasteiger charge is 2.22. The normalized spacial score (nSPS) is 14.2. The van der Waals surface area contributed by atoms with Crippen LogP contribution in [0, 0.1) is 0 Å². The summed E-state index contributed by atoms with van der Waals surface area (Å²) in [7, 11) is 1.48. The number of rotatable bonds is 7. The maximum atomic E-state index is 12.3. The number of nitrogens with zero attached hydrogens (tertiary/aromatic N) is 1. The third-order valence-electron chi connectivity index (χ3n) is 4.00. The first-order valence-electron chi connectivity index (χ1n) is 8.54. The van der Waals surface area contributed by atoms with Gasteiger partial charge in [-0.05, 0) is 50.1 Å². The number of carbonyl (C=O) groups is 2. The van der Waals surface area contributed by atoms with Gasteiger partial charge in [0.25, 0.3) is 5.91 Å². The third-order valence-corrected chi connectivity index (χ3v) is 4.24. The average molecular weight is 390 g/mol. The highest BCUT2D eigenvalue weighted by atomic mass is 35.5. The standard InChI is InChI=1S/C19H20ClN3O4/c1-11(18(24)23-15-9-13(20)4-7-16(15)26-2)27-19(25)12-3-8-17(21-10-12)22-14-5-6-14/h3-4,7-11,14H,5-6H2,1-2H3,(H,21,22)(H,23,24). The van der Waals surface area contributed by atoms with E-state index in [1.165, 1.54) is 20.2 Å². The van der Waals surface area contributed by atoms with Gasteiger partial charge in [0.2, 0.25) is 0 Å². The van der Waals surface area contributed by atoms with E-state index in [9.17, 15) is 9.59 Å². The van der Waals surface area contributed by atoms with Crippen LogP contribution in [0.25, 0.3) is 0 Å². The lowest BCUT2D eigenvalue weighted by Crippen LogP contribution is -2.30. The molecule has 3 rings (SSSR count). The number of halogens is 1. The highest BCUT2D eigenvalue weighted by Crippen LogP contribution is 2.28. The quantitative estimate of drug-likeness (QED) is 0.704. The van der Waals surface area contributed by atoms with Crippen LogP contribution >= 0.6 is 11.6 Å². The number of hydrogen-bond acceptors (Lipinski definition) is 6. The topological polar surface area (TPSA) is 89.5 Å². The molecule has 1 atom stereocenters. The molecule has 0 saturated heterocycles. The van der Waals surface area contributed by atoms with Crippen molar-refractivity contribution in [3.63, 3.8) is 0 Å². The molecule has 1 aromatic carbocycles. The van der Waals surface area contributed by atoms with E-state index in [2.05, 4.69) is 15.6 Å². The third kappa shape index (κ3) is 5.10. The summed E-state index contributed by atoms with van der Waals surface area (Å²) >= 11 is 5.94. The second kappa shape index (κ2) is 8.26. The fraction of sp³-hybridized carbons (Fsp3) is 0.316. The lowest BCUT2D eigenvalue weighted by molar-refractivity contribution is -0.123. The van der Waals surface area contributed by atoms with Gasteiger partial charge in [-0.1, -0.05) is 11.6 Å². The Balaban J connectivity index is 1.58. The number of esters is 1. The molecule has 1 amide bonds. The van der Waals surface area contributed by atoms with Gasteiger partial charge in [0, 0.05) is 17.3 Å². The highest BCUT2D eigenvalue weighted by molar-refractivity contribution is 6.31. The van der Waals surface area contributed by atoms with Crippen LogP contribution in [-0.4, -0.2) is 36.1 Å². The smallest absolute Gasteiger partial charge is 0.340 e. The van der Waals surface area contributed by atoms with Crippen molar-refractivity contribution in [2.75, 3.05) is 17.7 Å². The summed E-state index contributed by atoms with van der Waals surface area (Å²) in [5.74, 6) is 0.0483. The van der Waals surface area contributed by atoms with Crippen molar-refractivity contribution in [3.8, 4) is 5.75 Å². The zero-order valence-corrected chi connectivity index (χ0v) is 15.7. The summed E-state index contributed by atoms with van der Waals surface area (Å²) in [6.07, 6.45) is 2.69. The number of ether oxygens (including phenoxy) is 2. The second-order valence-electron chi connectivity index (χ2n) is 6.23. The number of nitrogens with one attached hydrogen (secondary N) is 2. The van der Waals surface area contributed by atoms with Crippen LogP contribution in [0.15, 0.2) is 36.5 Å². The van der Waals surface area contributed by atoms with Crippen LogP contribution in [0.5, 0.6) is 5.75 Å². The number of carbonyl (C=O) groups excluding carboxylic acids is 2. The number of anilines is 2. The molecule has 1 unspecified atom stereocenters. The SMILES string of the molecule is COc1ccc(Cl)cc1NC(=O)C(C)OC(=O)c1ccc(NC2CC2)nc1. The monoisotopic (exact) mass is 389 g/mol. The molecular formula is C19H20ClN3O4. The van der Waals surface area contributed by atoms with E-state index in [4.69, 9.17) is 21.1 Å². The van der Waals surface area contributed by atoms with E-state index in [1.807, 2.05) is 0 Å². The minimum atomic E-state index is -1.01. The molecule has 1 heterocycles. The summed E-state index contributed by atoms with van der Waals surface area (Å²) in [4.78, 5) is 28.7. The Labute approximate surface area is 162 Å². The fourth-order valence-electron chi connectivity index (χ4n) is 2.33. The van der Waals surface area contributed by atoms with Gasteiger partial charge >= 0.3 is 5.97 Å². The summed E-state index contributed by atoms with van der Waals surface area (Å²) < 4.78 is 10.4. The molecule has 142 valence electrons. The number of amides is 1. The first-order valence-corrected chi connectivity index (χ1v) is 8.92. The van der Waals surface area contributed by atoms with Crippen LogP contribution < -0.4 is 15.4 Å². The number of hydrogen-bond donors (Lipinski definition) is 2. The molecule has 0 spiro atoms. The zero-order valence-electron chi connectivity index (χ0n) is 15.0. The molecule has 7 nitrogen and oxygen atoms in total. The number of methoxy groups -OCH3 is 1. The van der Waals surface area contributed by atoms with Gasteiger partial charge in [-0.2, -0.15) is 0 Å². The van der Waals surface area contributed by atoms with Crippen LogP contribution in [0.4, 0.5) is 11.5 Å². The van der Waals surface area contributed by atoms with Crippen LogP contribution in [0.2, 0.25) is 5.02 Å². The predicted octanol–water partition coefficient (Wildman–Crippen LogP) is 3.50. The summed E-state index contributed by atoms with van der Waals surface area (Å²) in [5.41, 5.74) is 0.673.